The molecule has 0 bridgehead atoms. The number of carbonyl (C=O) groups excluding carboxylic acids is 1. The third-order valence-electron chi connectivity index (χ3n) is 5.40. The maximum atomic E-state index is 12.9. The summed E-state index contributed by atoms with van der Waals surface area (Å²) in [5, 5.41) is 2.78. The number of hydrogen-bond acceptors (Lipinski definition) is 6. The number of pyridine rings is 1. The molecule has 1 N–H and O–H groups in total. The van der Waals surface area contributed by atoms with E-state index < -0.39 is 17.0 Å². The molecule has 0 aliphatic carbocycles. The van der Waals surface area contributed by atoms with Crippen molar-refractivity contribution in [2.45, 2.75) is 19.6 Å². The van der Waals surface area contributed by atoms with Gasteiger partial charge in [0.15, 0.2) is 17.1 Å². The van der Waals surface area contributed by atoms with Gasteiger partial charge < -0.3 is 14.8 Å². The van der Waals surface area contributed by atoms with Crippen LogP contribution >= 0.6 is 0 Å². The molecule has 1 aliphatic heterocycles. The summed E-state index contributed by atoms with van der Waals surface area (Å²) in [5.74, 6) is 0.879. The van der Waals surface area contributed by atoms with E-state index in [-0.39, 0.29) is 26.4 Å². The van der Waals surface area contributed by atoms with Crippen LogP contribution in [-0.4, -0.2) is 26.8 Å². The van der Waals surface area contributed by atoms with Crippen LogP contribution in [0.15, 0.2) is 76.4 Å². The molecule has 33 heavy (non-hydrogen) atoms. The van der Waals surface area contributed by atoms with Crippen LogP contribution in [0, 0.1) is 0 Å². The van der Waals surface area contributed by atoms with E-state index in [1.807, 2.05) is 36.4 Å². The summed E-state index contributed by atoms with van der Waals surface area (Å²) >= 11 is 0. The molecule has 0 unspecified atom stereocenters. The third kappa shape index (κ3) is 4.08. The summed E-state index contributed by atoms with van der Waals surface area (Å²) in [7, 11) is 0. The van der Waals surface area contributed by atoms with Gasteiger partial charge in [-0.25, -0.2) is 4.98 Å². The molecule has 1 amide bonds. The lowest BCUT2D eigenvalue weighted by Crippen LogP contribution is -2.44. The molecule has 0 atom stereocenters. The first-order valence-electron chi connectivity index (χ1n) is 10.4. The van der Waals surface area contributed by atoms with Gasteiger partial charge >= 0.3 is 11.1 Å². The molecule has 4 aromatic rings. The molecule has 0 saturated heterocycles. The van der Waals surface area contributed by atoms with Crippen molar-refractivity contribution in [3.63, 3.8) is 0 Å². The minimum Gasteiger partial charge on any atom is -0.454 e. The van der Waals surface area contributed by atoms with Crippen LogP contribution in [0.4, 0.5) is 0 Å². The van der Waals surface area contributed by atoms with E-state index in [4.69, 9.17) is 9.47 Å². The zero-order chi connectivity index (χ0) is 22.8. The summed E-state index contributed by atoms with van der Waals surface area (Å²) in [6.07, 6.45) is 1.55. The Bertz CT molecular complexity index is 1460. The van der Waals surface area contributed by atoms with Crippen LogP contribution < -0.4 is 25.9 Å². The molecule has 0 spiro atoms. The van der Waals surface area contributed by atoms with Gasteiger partial charge in [-0.2, -0.15) is 0 Å². The first-order valence-corrected chi connectivity index (χ1v) is 10.4. The van der Waals surface area contributed by atoms with Gasteiger partial charge in [0.25, 0.3) is 0 Å². The highest BCUT2D eigenvalue weighted by Gasteiger charge is 2.17. The predicted octanol–water partition coefficient (Wildman–Crippen LogP) is 1.65. The van der Waals surface area contributed by atoms with Gasteiger partial charge in [0.1, 0.15) is 6.54 Å². The van der Waals surface area contributed by atoms with Crippen molar-refractivity contribution in [2.24, 2.45) is 0 Å². The fourth-order valence-electron chi connectivity index (χ4n) is 3.76. The molecule has 2 aromatic carbocycles. The molecule has 0 radical (unpaired) electrons. The Kier molecular flexibility index (Phi) is 5.35. The van der Waals surface area contributed by atoms with Crippen LogP contribution in [0.1, 0.15) is 11.1 Å². The standard InChI is InChI=1S/C24H20N4O5/c29-21(26-12-17-8-9-19-20(11-17)33-15-32-19)14-27-18-7-4-10-25-22(18)28(24(31)23(27)30)13-16-5-2-1-3-6-16/h1-11H,12-15H2,(H,26,29). The molecule has 9 heteroatoms. The Morgan fingerprint density at radius 3 is 2.55 bits per heavy atom. The average Bonchev–Trinajstić information content (AvgIpc) is 3.32. The van der Waals surface area contributed by atoms with E-state index in [9.17, 15) is 14.4 Å². The fourth-order valence-corrected chi connectivity index (χ4v) is 3.76. The zero-order valence-corrected chi connectivity index (χ0v) is 17.6. The quantitative estimate of drug-likeness (QED) is 0.454. The molecule has 2 aromatic heterocycles. The Morgan fingerprint density at radius 2 is 1.70 bits per heavy atom. The average molecular weight is 444 g/mol. The maximum Gasteiger partial charge on any atom is 0.318 e. The van der Waals surface area contributed by atoms with E-state index >= 15 is 0 Å². The molecule has 9 nitrogen and oxygen atoms in total. The van der Waals surface area contributed by atoms with E-state index in [1.165, 1.54) is 9.13 Å². The molecule has 5 rings (SSSR count). The number of rotatable bonds is 6. The van der Waals surface area contributed by atoms with Gasteiger partial charge in [-0.1, -0.05) is 36.4 Å². The first kappa shape index (κ1) is 20.5. The lowest BCUT2D eigenvalue weighted by molar-refractivity contribution is -0.121. The number of fused-ring (bicyclic) bond motifs is 2. The van der Waals surface area contributed by atoms with Crippen LogP contribution in [0.25, 0.3) is 11.2 Å². The minimum atomic E-state index is -0.773. The van der Waals surface area contributed by atoms with Crippen LogP contribution in [0.5, 0.6) is 11.5 Å². The predicted molar refractivity (Wildman–Crippen MR) is 120 cm³/mol. The molecular formula is C24H20N4O5. The molecule has 3 heterocycles. The Morgan fingerprint density at radius 1 is 0.909 bits per heavy atom. The van der Waals surface area contributed by atoms with Gasteiger partial charge in [-0.05, 0) is 35.4 Å². The highest BCUT2D eigenvalue weighted by atomic mass is 16.7. The lowest BCUT2D eigenvalue weighted by Gasteiger charge is -2.14. The van der Waals surface area contributed by atoms with Crippen molar-refractivity contribution in [1.29, 1.82) is 0 Å². The summed E-state index contributed by atoms with van der Waals surface area (Å²) in [5.41, 5.74) is 0.944. The Balaban J connectivity index is 1.41. The highest BCUT2D eigenvalue weighted by Crippen LogP contribution is 2.32. The summed E-state index contributed by atoms with van der Waals surface area (Å²) in [6.45, 7) is 0.322. The van der Waals surface area contributed by atoms with E-state index in [1.54, 1.807) is 30.5 Å². The van der Waals surface area contributed by atoms with Gasteiger partial charge in [0, 0.05) is 12.7 Å². The largest absolute Gasteiger partial charge is 0.454 e. The van der Waals surface area contributed by atoms with Gasteiger partial charge in [0.2, 0.25) is 12.7 Å². The number of hydrogen-bond donors (Lipinski definition) is 1. The summed E-state index contributed by atoms with van der Waals surface area (Å²) < 4.78 is 13.1. The topological polar surface area (TPSA) is 104 Å². The van der Waals surface area contributed by atoms with Crippen LogP contribution in [0.2, 0.25) is 0 Å². The molecule has 0 saturated carbocycles. The number of carbonyl (C=O) groups is 1. The van der Waals surface area contributed by atoms with Crippen molar-refractivity contribution < 1.29 is 14.3 Å². The first-order chi connectivity index (χ1) is 16.1. The molecule has 1 aliphatic rings. The molecule has 0 fully saturated rings. The second-order valence-electron chi connectivity index (χ2n) is 7.58. The van der Waals surface area contributed by atoms with Crippen LogP contribution in [0.3, 0.4) is 0 Å². The van der Waals surface area contributed by atoms with Crippen molar-refractivity contribution in [3.8, 4) is 11.5 Å². The number of ether oxygens (including phenoxy) is 2. The van der Waals surface area contributed by atoms with Gasteiger partial charge in [0.05, 0.1) is 12.1 Å². The van der Waals surface area contributed by atoms with Gasteiger partial charge in [-0.3, -0.25) is 23.5 Å². The fraction of sp³-hybridized carbons (Fsp3) is 0.167. The number of amides is 1. The zero-order valence-electron chi connectivity index (χ0n) is 17.6. The minimum absolute atomic E-state index is 0.172. The molecular weight excluding hydrogens is 424 g/mol. The van der Waals surface area contributed by atoms with Crippen molar-refractivity contribution in [2.75, 3.05) is 6.79 Å². The molecule has 166 valence electrons. The number of aromatic nitrogens is 3. The second-order valence-corrected chi connectivity index (χ2v) is 7.58. The maximum absolute atomic E-state index is 12.9. The number of nitrogens with zero attached hydrogens (tertiary/aromatic N) is 3. The van der Waals surface area contributed by atoms with Crippen molar-refractivity contribution >= 4 is 17.1 Å². The summed E-state index contributed by atoms with van der Waals surface area (Å²) in [4.78, 5) is 42.8. The third-order valence-corrected chi connectivity index (χ3v) is 5.40. The highest BCUT2D eigenvalue weighted by molar-refractivity contribution is 5.78. The number of benzene rings is 2. The summed E-state index contributed by atoms with van der Waals surface area (Å²) in [6, 6.07) is 18.1. The van der Waals surface area contributed by atoms with E-state index in [0.29, 0.717) is 22.7 Å². The second kappa shape index (κ2) is 8.62. The van der Waals surface area contributed by atoms with E-state index in [2.05, 4.69) is 10.3 Å². The Labute approximate surface area is 187 Å². The number of nitrogens with one attached hydrogen (secondary N) is 1. The normalized spacial score (nSPS) is 12.1. The van der Waals surface area contributed by atoms with Gasteiger partial charge in [-0.15, -0.1) is 0 Å². The lowest BCUT2D eigenvalue weighted by atomic mass is 10.2. The smallest absolute Gasteiger partial charge is 0.318 e. The van der Waals surface area contributed by atoms with Crippen LogP contribution in [-0.2, 0) is 24.4 Å². The van der Waals surface area contributed by atoms with Crippen molar-refractivity contribution in [3.05, 3.63) is 98.7 Å². The van der Waals surface area contributed by atoms with Crippen molar-refractivity contribution in [1.82, 2.24) is 19.4 Å². The van der Waals surface area contributed by atoms with E-state index in [0.717, 1.165) is 11.1 Å². The SMILES string of the molecule is O=C(Cn1c(=O)c(=O)n(Cc2ccccc2)c2ncccc21)NCc1ccc2c(c1)OCO2. The Hall–Kier alpha value is -4.40. The monoisotopic (exact) mass is 444 g/mol.